The molecule has 0 aliphatic rings. The highest BCUT2D eigenvalue weighted by Crippen LogP contribution is 2.29. The van der Waals surface area contributed by atoms with E-state index >= 15 is 0 Å². The highest BCUT2D eigenvalue weighted by atomic mass is 15.0. The average Bonchev–Trinajstić information content (AvgIpc) is 3.21. The van der Waals surface area contributed by atoms with Gasteiger partial charge in [-0.3, -0.25) is 0 Å². The monoisotopic (exact) mass is 363 g/mol. The van der Waals surface area contributed by atoms with Crippen LogP contribution < -0.4 is 5.32 Å². The van der Waals surface area contributed by atoms with Gasteiger partial charge < -0.3 is 9.72 Å². The predicted molar refractivity (Wildman–Crippen MR) is 117 cm³/mol. The van der Waals surface area contributed by atoms with Gasteiger partial charge >= 0.3 is 0 Å². The number of benzene rings is 3. The summed E-state index contributed by atoms with van der Waals surface area (Å²) >= 11 is 0. The number of nitrogens with zero attached hydrogens (tertiary/aromatic N) is 2. The van der Waals surface area contributed by atoms with Crippen molar-refractivity contribution in [1.82, 2.24) is 9.38 Å². The van der Waals surface area contributed by atoms with Gasteiger partial charge in [-0.2, -0.15) is 0 Å². The first-order valence-corrected chi connectivity index (χ1v) is 9.62. The minimum atomic E-state index is 0.844. The molecule has 0 aliphatic heterocycles. The second kappa shape index (κ2) is 7.20. The Kier molecular flexibility index (Phi) is 4.26. The molecule has 0 spiro atoms. The largest absolute Gasteiger partial charge is 0.368 e. The molecule has 136 valence electrons. The number of anilines is 1. The summed E-state index contributed by atoms with van der Waals surface area (Å²) < 4.78 is 2.25. The lowest BCUT2D eigenvalue weighted by molar-refractivity contribution is 1.01. The van der Waals surface area contributed by atoms with Crippen molar-refractivity contribution in [1.29, 1.82) is 0 Å². The van der Waals surface area contributed by atoms with Gasteiger partial charge in [0.25, 0.3) is 0 Å². The Balaban J connectivity index is 1.55. The summed E-state index contributed by atoms with van der Waals surface area (Å²) in [5.41, 5.74) is 6.95. The molecule has 0 fully saturated rings. The molecular formula is C25H21N3. The summed E-state index contributed by atoms with van der Waals surface area (Å²) in [6.07, 6.45) is 3.17. The molecule has 3 aromatic carbocycles. The lowest BCUT2D eigenvalue weighted by Crippen LogP contribution is -2.08. The lowest BCUT2D eigenvalue weighted by Gasteiger charge is -2.10. The first-order chi connectivity index (χ1) is 13.9. The minimum Gasteiger partial charge on any atom is -0.368 e. The molecule has 0 radical (unpaired) electrons. The Morgan fingerprint density at radius 2 is 1.43 bits per heavy atom. The van der Waals surface area contributed by atoms with E-state index in [1.54, 1.807) is 0 Å². The molecule has 2 heterocycles. The molecule has 3 heteroatoms. The van der Waals surface area contributed by atoms with Gasteiger partial charge in [-0.25, -0.2) is 4.98 Å². The zero-order valence-corrected chi connectivity index (χ0v) is 15.5. The van der Waals surface area contributed by atoms with Crippen LogP contribution >= 0.6 is 0 Å². The van der Waals surface area contributed by atoms with E-state index in [9.17, 15) is 0 Å². The zero-order chi connectivity index (χ0) is 18.8. The van der Waals surface area contributed by atoms with E-state index < -0.39 is 0 Å². The Bertz CT molecular complexity index is 1220. The van der Waals surface area contributed by atoms with Gasteiger partial charge in [0.15, 0.2) is 5.82 Å². The van der Waals surface area contributed by atoms with E-state index in [0.717, 1.165) is 35.3 Å². The summed E-state index contributed by atoms with van der Waals surface area (Å²) in [5.74, 6) is 0.928. The van der Waals surface area contributed by atoms with Crippen LogP contribution in [0, 0.1) is 0 Å². The maximum Gasteiger partial charge on any atom is 0.151 e. The number of aromatic nitrogens is 2. The molecule has 0 unspecified atom stereocenters. The maximum absolute atomic E-state index is 4.91. The van der Waals surface area contributed by atoms with Crippen LogP contribution in [0.25, 0.3) is 27.7 Å². The number of nitrogens with one attached hydrogen (secondary N) is 1. The Morgan fingerprint density at radius 1 is 0.714 bits per heavy atom. The molecule has 2 aromatic heterocycles. The fourth-order valence-corrected chi connectivity index (χ4v) is 3.67. The Morgan fingerprint density at radius 3 is 2.25 bits per heavy atom. The Hall–Kier alpha value is -3.59. The van der Waals surface area contributed by atoms with Gasteiger partial charge in [-0.1, -0.05) is 72.8 Å². The topological polar surface area (TPSA) is 29.3 Å². The molecule has 28 heavy (non-hydrogen) atoms. The van der Waals surface area contributed by atoms with Crippen LogP contribution in [-0.2, 0) is 6.42 Å². The molecule has 0 bridgehead atoms. The van der Waals surface area contributed by atoms with Gasteiger partial charge in [0.05, 0.1) is 16.6 Å². The van der Waals surface area contributed by atoms with Gasteiger partial charge in [-0.05, 0) is 35.7 Å². The number of para-hydroxylation sites is 2. The van der Waals surface area contributed by atoms with E-state index in [4.69, 9.17) is 4.98 Å². The average molecular weight is 363 g/mol. The molecule has 0 atom stereocenters. The van der Waals surface area contributed by atoms with Crippen molar-refractivity contribution in [2.45, 2.75) is 6.42 Å². The number of rotatable bonds is 5. The molecule has 0 amide bonds. The van der Waals surface area contributed by atoms with Crippen LogP contribution in [0.2, 0.25) is 0 Å². The van der Waals surface area contributed by atoms with Crippen molar-refractivity contribution < 1.29 is 0 Å². The van der Waals surface area contributed by atoms with Crippen molar-refractivity contribution in [3.05, 3.63) is 103 Å². The van der Waals surface area contributed by atoms with E-state index in [2.05, 4.69) is 94.8 Å². The van der Waals surface area contributed by atoms with Crippen LogP contribution in [0.5, 0.6) is 0 Å². The highest BCUT2D eigenvalue weighted by Gasteiger charge is 2.11. The quantitative estimate of drug-likeness (QED) is 0.427. The summed E-state index contributed by atoms with van der Waals surface area (Å²) in [7, 11) is 0. The van der Waals surface area contributed by atoms with Crippen molar-refractivity contribution >= 4 is 22.4 Å². The predicted octanol–water partition coefficient (Wildman–Crippen LogP) is 5.81. The molecule has 5 rings (SSSR count). The third-order valence-electron chi connectivity index (χ3n) is 5.09. The first-order valence-electron chi connectivity index (χ1n) is 9.62. The number of hydrogen-bond donors (Lipinski definition) is 1. The summed E-state index contributed by atoms with van der Waals surface area (Å²) in [6.45, 7) is 0.844. The van der Waals surface area contributed by atoms with Crippen LogP contribution in [0.15, 0.2) is 97.2 Å². The van der Waals surface area contributed by atoms with Crippen molar-refractivity contribution in [2.75, 3.05) is 11.9 Å². The smallest absolute Gasteiger partial charge is 0.151 e. The molecule has 3 nitrogen and oxygen atoms in total. The second-order valence-corrected chi connectivity index (χ2v) is 6.96. The van der Waals surface area contributed by atoms with Gasteiger partial charge in [0.2, 0.25) is 0 Å². The third kappa shape index (κ3) is 3.12. The molecule has 0 aliphatic carbocycles. The van der Waals surface area contributed by atoms with Crippen LogP contribution in [-0.4, -0.2) is 15.9 Å². The summed E-state index contributed by atoms with van der Waals surface area (Å²) in [4.78, 5) is 4.91. The maximum atomic E-state index is 4.91. The third-order valence-corrected chi connectivity index (χ3v) is 5.09. The normalized spacial score (nSPS) is 11.1. The lowest BCUT2D eigenvalue weighted by atomic mass is 10.1. The first kappa shape index (κ1) is 16.6. The standard InChI is InChI=1S/C25H21N3/c1-3-9-19(10-4-1)15-16-26-25-24-17-21(20-11-5-2-6-12-20)18-28(24)23-14-8-7-13-22(23)27-25/h1-14,17-18H,15-16H2,(H,26,27). The van der Waals surface area contributed by atoms with Crippen LogP contribution in [0.4, 0.5) is 5.82 Å². The molecule has 5 aromatic rings. The van der Waals surface area contributed by atoms with E-state index in [1.165, 1.54) is 16.7 Å². The van der Waals surface area contributed by atoms with Gasteiger partial charge in [-0.15, -0.1) is 0 Å². The van der Waals surface area contributed by atoms with E-state index in [-0.39, 0.29) is 0 Å². The Labute approximate surface area is 164 Å². The summed E-state index contributed by atoms with van der Waals surface area (Å²) in [6, 6.07) is 31.6. The fourth-order valence-electron chi connectivity index (χ4n) is 3.67. The highest BCUT2D eigenvalue weighted by molar-refractivity contribution is 5.87. The number of hydrogen-bond acceptors (Lipinski definition) is 2. The molecule has 0 saturated heterocycles. The zero-order valence-electron chi connectivity index (χ0n) is 15.5. The molecule has 0 saturated carbocycles. The summed E-state index contributed by atoms with van der Waals surface area (Å²) in [5, 5.41) is 3.56. The van der Waals surface area contributed by atoms with Crippen LogP contribution in [0.3, 0.4) is 0 Å². The number of fused-ring (bicyclic) bond motifs is 3. The van der Waals surface area contributed by atoms with E-state index in [1.807, 2.05) is 12.1 Å². The van der Waals surface area contributed by atoms with Gasteiger partial charge in [0.1, 0.15) is 0 Å². The van der Waals surface area contributed by atoms with Crippen molar-refractivity contribution in [2.24, 2.45) is 0 Å². The second-order valence-electron chi connectivity index (χ2n) is 6.96. The van der Waals surface area contributed by atoms with Gasteiger partial charge in [0, 0.05) is 18.3 Å². The van der Waals surface area contributed by atoms with Crippen molar-refractivity contribution in [3.8, 4) is 11.1 Å². The minimum absolute atomic E-state index is 0.844. The SMILES string of the molecule is c1ccc(CCNc2nc3ccccc3n3cc(-c4ccccc4)cc23)cc1. The molecule has 1 N–H and O–H groups in total. The van der Waals surface area contributed by atoms with Crippen LogP contribution in [0.1, 0.15) is 5.56 Å². The molecular weight excluding hydrogens is 342 g/mol. The van der Waals surface area contributed by atoms with E-state index in [0.29, 0.717) is 0 Å². The fraction of sp³-hybridized carbons (Fsp3) is 0.0800. The van der Waals surface area contributed by atoms with Crippen molar-refractivity contribution in [3.63, 3.8) is 0 Å².